The zero-order chi connectivity index (χ0) is 14.5. The summed E-state index contributed by atoms with van der Waals surface area (Å²) in [4.78, 5) is 13.3. The van der Waals surface area contributed by atoms with Gasteiger partial charge in [-0.3, -0.25) is 9.69 Å². The van der Waals surface area contributed by atoms with Gasteiger partial charge in [-0.15, -0.1) is 0 Å². The number of carbonyl (C=O) groups excluding carboxylic acids is 1. The third-order valence-corrected chi connectivity index (χ3v) is 4.40. The minimum atomic E-state index is 0.0568. The molecule has 2 N–H and O–H groups in total. The molecule has 1 aliphatic rings. The van der Waals surface area contributed by atoms with Gasteiger partial charge in [0.25, 0.3) is 0 Å². The maximum absolute atomic E-state index is 10.9. The van der Waals surface area contributed by atoms with E-state index >= 15 is 0 Å². The van der Waals surface area contributed by atoms with E-state index in [0.29, 0.717) is 5.92 Å². The number of aromatic hydroxyl groups is 1. The Morgan fingerprint density at radius 1 is 1.45 bits per heavy atom. The van der Waals surface area contributed by atoms with Crippen LogP contribution in [0, 0.1) is 5.92 Å². The minimum absolute atomic E-state index is 0.0568. The first kappa shape index (κ1) is 15.3. The Bertz CT molecular complexity index is 471. The standard InChI is InChI=1S/C15H21BrN2O2/c1-11(19)17-9-12-4-6-18(7-5-12)10-13-2-3-15(20)14(16)8-13/h2-3,8,12,20H,4-7,9-10H2,1H3,(H,17,19). The Kier molecular flexibility index (Phi) is 5.43. The van der Waals surface area contributed by atoms with Crippen molar-refractivity contribution in [3.63, 3.8) is 0 Å². The van der Waals surface area contributed by atoms with E-state index in [-0.39, 0.29) is 11.7 Å². The Morgan fingerprint density at radius 3 is 2.75 bits per heavy atom. The molecule has 5 heteroatoms. The van der Waals surface area contributed by atoms with E-state index in [0.717, 1.165) is 43.5 Å². The van der Waals surface area contributed by atoms with Gasteiger partial charge in [0.1, 0.15) is 5.75 Å². The predicted molar refractivity (Wildman–Crippen MR) is 82.5 cm³/mol. The summed E-state index contributed by atoms with van der Waals surface area (Å²) in [6.45, 7) is 5.39. The van der Waals surface area contributed by atoms with Crippen LogP contribution in [0.5, 0.6) is 5.75 Å². The topological polar surface area (TPSA) is 52.6 Å². The molecule has 2 rings (SSSR count). The number of amides is 1. The third kappa shape index (κ3) is 4.49. The van der Waals surface area contributed by atoms with Crippen LogP contribution in [0.1, 0.15) is 25.3 Å². The van der Waals surface area contributed by atoms with Gasteiger partial charge in [0, 0.05) is 20.0 Å². The molecule has 110 valence electrons. The number of nitrogens with one attached hydrogen (secondary N) is 1. The van der Waals surface area contributed by atoms with Gasteiger partial charge in [0.2, 0.25) is 5.91 Å². The molecule has 0 spiro atoms. The Balaban J connectivity index is 1.79. The van der Waals surface area contributed by atoms with Gasteiger partial charge in [-0.25, -0.2) is 0 Å². The maximum Gasteiger partial charge on any atom is 0.216 e. The molecule has 1 aromatic carbocycles. The summed E-state index contributed by atoms with van der Waals surface area (Å²) in [7, 11) is 0. The monoisotopic (exact) mass is 340 g/mol. The predicted octanol–water partition coefficient (Wildman–Crippen LogP) is 2.50. The number of piperidine rings is 1. The average Bonchev–Trinajstić information content (AvgIpc) is 2.42. The zero-order valence-corrected chi connectivity index (χ0v) is 13.3. The van der Waals surface area contributed by atoms with E-state index in [1.165, 1.54) is 5.56 Å². The van der Waals surface area contributed by atoms with Crippen molar-refractivity contribution in [2.75, 3.05) is 19.6 Å². The lowest BCUT2D eigenvalue weighted by Gasteiger charge is -2.32. The highest BCUT2D eigenvalue weighted by atomic mass is 79.9. The third-order valence-electron chi connectivity index (χ3n) is 3.77. The highest BCUT2D eigenvalue weighted by Crippen LogP contribution is 2.26. The summed E-state index contributed by atoms with van der Waals surface area (Å²) in [6, 6.07) is 5.66. The van der Waals surface area contributed by atoms with Gasteiger partial charge >= 0.3 is 0 Å². The Labute approximate surface area is 128 Å². The number of phenols is 1. The van der Waals surface area contributed by atoms with Crippen LogP contribution in [-0.4, -0.2) is 35.5 Å². The van der Waals surface area contributed by atoms with Crippen molar-refractivity contribution >= 4 is 21.8 Å². The second-order valence-electron chi connectivity index (χ2n) is 5.44. The second-order valence-corrected chi connectivity index (χ2v) is 6.30. The number of hydrogen-bond donors (Lipinski definition) is 2. The molecule has 1 aromatic rings. The summed E-state index contributed by atoms with van der Waals surface area (Å²) in [6.07, 6.45) is 2.25. The van der Waals surface area contributed by atoms with Crippen LogP contribution in [0.3, 0.4) is 0 Å². The van der Waals surface area contributed by atoms with Crippen molar-refractivity contribution in [3.05, 3.63) is 28.2 Å². The van der Waals surface area contributed by atoms with E-state index in [1.807, 2.05) is 12.1 Å². The van der Waals surface area contributed by atoms with Crippen LogP contribution in [0.2, 0.25) is 0 Å². The smallest absolute Gasteiger partial charge is 0.216 e. The molecule has 0 aliphatic carbocycles. The largest absolute Gasteiger partial charge is 0.507 e. The van der Waals surface area contributed by atoms with Gasteiger partial charge in [0.15, 0.2) is 0 Å². The average molecular weight is 341 g/mol. The molecule has 20 heavy (non-hydrogen) atoms. The maximum atomic E-state index is 10.9. The second kappa shape index (κ2) is 7.09. The van der Waals surface area contributed by atoms with Crippen LogP contribution in [0.15, 0.2) is 22.7 Å². The number of hydrogen-bond acceptors (Lipinski definition) is 3. The molecular weight excluding hydrogens is 320 g/mol. The molecule has 1 amide bonds. The molecule has 4 nitrogen and oxygen atoms in total. The van der Waals surface area contributed by atoms with Gasteiger partial charge in [-0.1, -0.05) is 6.07 Å². The fourth-order valence-electron chi connectivity index (χ4n) is 2.54. The fraction of sp³-hybridized carbons (Fsp3) is 0.533. The fourth-order valence-corrected chi connectivity index (χ4v) is 2.97. The van der Waals surface area contributed by atoms with Crippen molar-refractivity contribution in [3.8, 4) is 5.75 Å². The van der Waals surface area contributed by atoms with E-state index in [9.17, 15) is 9.90 Å². The molecule has 1 fully saturated rings. The van der Waals surface area contributed by atoms with Crippen molar-refractivity contribution in [1.82, 2.24) is 10.2 Å². The number of likely N-dealkylation sites (tertiary alicyclic amines) is 1. The number of benzene rings is 1. The molecule has 0 radical (unpaired) electrons. The van der Waals surface area contributed by atoms with E-state index in [1.54, 1.807) is 13.0 Å². The number of rotatable bonds is 4. The molecule has 1 heterocycles. The Hall–Kier alpha value is -1.07. The first-order valence-electron chi connectivity index (χ1n) is 6.99. The van der Waals surface area contributed by atoms with Crippen LogP contribution < -0.4 is 5.32 Å². The molecule has 1 saturated heterocycles. The van der Waals surface area contributed by atoms with E-state index in [4.69, 9.17) is 0 Å². The van der Waals surface area contributed by atoms with Crippen molar-refractivity contribution in [2.45, 2.75) is 26.3 Å². The van der Waals surface area contributed by atoms with E-state index in [2.05, 4.69) is 26.1 Å². The number of halogens is 1. The lowest BCUT2D eigenvalue weighted by molar-refractivity contribution is -0.119. The van der Waals surface area contributed by atoms with Gasteiger partial charge in [-0.05, 0) is 65.5 Å². The van der Waals surface area contributed by atoms with E-state index < -0.39 is 0 Å². The van der Waals surface area contributed by atoms with Crippen LogP contribution in [0.25, 0.3) is 0 Å². The molecule has 0 atom stereocenters. The molecule has 0 unspecified atom stereocenters. The zero-order valence-electron chi connectivity index (χ0n) is 11.7. The van der Waals surface area contributed by atoms with Crippen molar-refractivity contribution in [1.29, 1.82) is 0 Å². The Morgan fingerprint density at radius 2 is 2.15 bits per heavy atom. The molecule has 0 aromatic heterocycles. The highest BCUT2D eigenvalue weighted by molar-refractivity contribution is 9.10. The summed E-state index contributed by atoms with van der Waals surface area (Å²) in [5.41, 5.74) is 1.20. The van der Waals surface area contributed by atoms with Crippen molar-refractivity contribution < 1.29 is 9.90 Å². The number of nitrogens with zero attached hydrogens (tertiary/aromatic N) is 1. The van der Waals surface area contributed by atoms with Crippen LogP contribution in [0.4, 0.5) is 0 Å². The van der Waals surface area contributed by atoms with Gasteiger partial charge < -0.3 is 10.4 Å². The van der Waals surface area contributed by atoms with Crippen LogP contribution >= 0.6 is 15.9 Å². The van der Waals surface area contributed by atoms with Gasteiger partial charge in [0.05, 0.1) is 4.47 Å². The molecule has 0 saturated carbocycles. The quantitative estimate of drug-likeness (QED) is 0.885. The molecule has 1 aliphatic heterocycles. The molecule has 0 bridgehead atoms. The van der Waals surface area contributed by atoms with Gasteiger partial charge in [-0.2, -0.15) is 0 Å². The van der Waals surface area contributed by atoms with Crippen LogP contribution in [-0.2, 0) is 11.3 Å². The van der Waals surface area contributed by atoms with Crippen molar-refractivity contribution in [2.24, 2.45) is 5.92 Å². The summed E-state index contributed by atoms with van der Waals surface area (Å²) >= 11 is 3.35. The summed E-state index contributed by atoms with van der Waals surface area (Å²) < 4.78 is 0.746. The first-order chi connectivity index (χ1) is 9.54. The molecular formula is C15H21BrN2O2. The minimum Gasteiger partial charge on any atom is -0.507 e. The lowest BCUT2D eigenvalue weighted by atomic mass is 9.96. The first-order valence-corrected chi connectivity index (χ1v) is 7.78. The summed E-state index contributed by atoms with van der Waals surface area (Å²) in [5, 5.41) is 12.4. The SMILES string of the molecule is CC(=O)NCC1CCN(Cc2ccc(O)c(Br)c2)CC1. The lowest BCUT2D eigenvalue weighted by Crippen LogP contribution is -2.37. The number of phenolic OH excluding ortho intramolecular Hbond substituents is 1. The number of carbonyl (C=O) groups is 1. The highest BCUT2D eigenvalue weighted by Gasteiger charge is 2.19. The normalized spacial score (nSPS) is 17.1. The summed E-state index contributed by atoms with van der Waals surface area (Å²) in [5.74, 6) is 0.936.